The Morgan fingerprint density at radius 3 is 2.92 bits per heavy atom. The van der Waals surface area contributed by atoms with Crippen molar-refractivity contribution in [3.8, 4) is 0 Å². The number of benzene rings is 1. The van der Waals surface area contributed by atoms with Crippen molar-refractivity contribution in [2.75, 3.05) is 38.6 Å². The van der Waals surface area contributed by atoms with Gasteiger partial charge in [-0.05, 0) is 24.6 Å². The number of thioether (sulfide) groups is 1. The molecule has 2 aromatic rings. The lowest BCUT2D eigenvalue weighted by atomic mass is 10.2. The Balaban J connectivity index is 1.76. The van der Waals surface area contributed by atoms with Crippen LogP contribution in [0.5, 0.6) is 0 Å². The number of nitrogens with one attached hydrogen (secondary N) is 1. The minimum Gasteiger partial charge on any atom is -0.386 e. The summed E-state index contributed by atoms with van der Waals surface area (Å²) in [5, 5.41) is 12.2. The molecule has 26 heavy (non-hydrogen) atoms. The van der Waals surface area contributed by atoms with E-state index in [-0.39, 0.29) is 5.56 Å². The number of aliphatic hydroxyl groups is 1. The van der Waals surface area contributed by atoms with Crippen molar-refractivity contribution >= 4 is 34.3 Å². The van der Waals surface area contributed by atoms with E-state index < -0.39 is 6.10 Å². The second kappa shape index (κ2) is 9.19. The number of nitrogens with zero attached hydrogens (tertiary/aromatic N) is 2. The Kier molecular flexibility index (Phi) is 6.94. The Hall–Kier alpha value is -1.12. The van der Waals surface area contributed by atoms with E-state index in [1.165, 1.54) is 16.7 Å². The van der Waals surface area contributed by atoms with Crippen molar-refractivity contribution in [2.45, 2.75) is 31.1 Å². The molecule has 8 heteroatoms. The van der Waals surface area contributed by atoms with E-state index in [9.17, 15) is 9.90 Å². The molecule has 1 saturated heterocycles. The largest absolute Gasteiger partial charge is 0.386 e. The lowest BCUT2D eigenvalue weighted by Crippen LogP contribution is -3.15. The summed E-state index contributed by atoms with van der Waals surface area (Å²) in [6.07, 6.45) is 0.393. The van der Waals surface area contributed by atoms with Crippen LogP contribution in [0.25, 0.3) is 10.9 Å². The van der Waals surface area contributed by atoms with Gasteiger partial charge >= 0.3 is 0 Å². The first-order chi connectivity index (χ1) is 12.6. The Bertz CT molecular complexity index is 808. The molecule has 1 aliphatic heterocycles. The lowest BCUT2D eigenvalue weighted by Gasteiger charge is -2.25. The van der Waals surface area contributed by atoms with Gasteiger partial charge in [-0.15, -0.1) is 0 Å². The zero-order valence-corrected chi connectivity index (χ0v) is 16.5. The number of rotatable bonds is 7. The van der Waals surface area contributed by atoms with Crippen LogP contribution in [0.1, 0.15) is 13.3 Å². The number of ether oxygens (including phenoxy) is 1. The third kappa shape index (κ3) is 4.78. The van der Waals surface area contributed by atoms with Gasteiger partial charge in [0.05, 0.1) is 24.1 Å². The van der Waals surface area contributed by atoms with Crippen LogP contribution in [0, 0.1) is 0 Å². The van der Waals surface area contributed by atoms with Crippen LogP contribution in [0.3, 0.4) is 0 Å². The monoisotopic (exact) mass is 398 g/mol. The molecule has 0 amide bonds. The van der Waals surface area contributed by atoms with Gasteiger partial charge in [0.1, 0.15) is 25.7 Å². The van der Waals surface area contributed by atoms with E-state index in [1.54, 1.807) is 22.8 Å². The lowest BCUT2D eigenvalue weighted by molar-refractivity contribution is -0.910. The normalized spacial score (nSPS) is 16.9. The molecule has 1 aromatic heterocycles. The number of hydrogen-bond acceptors (Lipinski definition) is 5. The molecule has 1 aliphatic rings. The van der Waals surface area contributed by atoms with Gasteiger partial charge in [0.15, 0.2) is 5.16 Å². The number of morpholine rings is 1. The van der Waals surface area contributed by atoms with Crippen LogP contribution in [0.15, 0.2) is 28.2 Å². The average Bonchev–Trinajstić information content (AvgIpc) is 2.63. The smallest absolute Gasteiger partial charge is 0.262 e. The van der Waals surface area contributed by atoms with E-state index in [0.29, 0.717) is 39.9 Å². The van der Waals surface area contributed by atoms with Gasteiger partial charge in [-0.2, -0.15) is 0 Å². The van der Waals surface area contributed by atoms with Crippen LogP contribution >= 0.6 is 23.4 Å². The van der Waals surface area contributed by atoms with E-state index in [1.807, 2.05) is 6.92 Å². The molecule has 1 aromatic carbocycles. The van der Waals surface area contributed by atoms with Gasteiger partial charge in [0.2, 0.25) is 0 Å². The molecule has 2 heterocycles. The SMILES string of the molecule is CCCn1c(SC[C@H](O)C[NH+]2CCOCC2)nc2cc(Cl)ccc2c1=O. The fourth-order valence-electron chi connectivity index (χ4n) is 3.13. The third-order valence-corrected chi connectivity index (χ3v) is 5.81. The summed E-state index contributed by atoms with van der Waals surface area (Å²) in [5.74, 6) is 0.507. The van der Waals surface area contributed by atoms with Crippen molar-refractivity contribution in [1.29, 1.82) is 0 Å². The number of halogens is 1. The Morgan fingerprint density at radius 1 is 1.42 bits per heavy atom. The maximum atomic E-state index is 12.8. The second-order valence-electron chi connectivity index (χ2n) is 6.54. The van der Waals surface area contributed by atoms with Crippen molar-refractivity contribution in [2.24, 2.45) is 0 Å². The van der Waals surface area contributed by atoms with E-state index in [2.05, 4.69) is 4.98 Å². The molecule has 6 nitrogen and oxygen atoms in total. The minimum absolute atomic E-state index is 0.0516. The molecule has 0 unspecified atom stereocenters. The molecule has 3 rings (SSSR count). The summed E-state index contributed by atoms with van der Waals surface area (Å²) in [4.78, 5) is 18.8. The summed E-state index contributed by atoms with van der Waals surface area (Å²) >= 11 is 7.48. The first-order valence-corrected chi connectivity index (χ1v) is 10.4. The molecular formula is C18H25ClN3O3S+. The third-order valence-electron chi connectivity index (χ3n) is 4.46. The first kappa shape index (κ1) is 19.6. The Morgan fingerprint density at radius 2 is 2.19 bits per heavy atom. The molecule has 1 fully saturated rings. The number of fused-ring (bicyclic) bond motifs is 1. The highest BCUT2D eigenvalue weighted by Gasteiger charge is 2.19. The van der Waals surface area contributed by atoms with Gasteiger partial charge in [-0.25, -0.2) is 4.98 Å². The molecule has 0 aliphatic carbocycles. The van der Waals surface area contributed by atoms with Crippen molar-refractivity contribution in [1.82, 2.24) is 9.55 Å². The summed E-state index contributed by atoms with van der Waals surface area (Å²) in [6, 6.07) is 5.15. The molecule has 0 saturated carbocycles. The number of hydrogen-bond donors (Lipinski definition) is 2. The Labute approximate surface area is 162 Å². The molecule has 0 bridgehead atoms. The summed E-state index contributed by atoms with van der Waals surface area (Å²) < 4.78 is 7.05. The van der Waals surface area contributed by atoms with E-state index in [0.717, 1.165) is 32.7 Å². The zero-order valence-electron chi connectivity index (χ0n) is 14.9. The highest BCUT2D eigenvalue weighted by molar-refractivity contribution is 7.99. The topological polar surface area (TPSA) is 68.8 Å². The van der Waals surface area contributed by atoms with Gasteiger partial charge in [0.25, 0.3) is 5.56 Å². The van der Waals surface area contributed by atoms with Crippen LogP contribution in [-0.2, 0) is 11.3 Å². The average molecular weight is 399 g/mol. The predicted molar refractivity (Wildman–Crippen MR) is 104 cm³/mol. The summed E-state index contributed by atoms with van der Waals surface area (Å²) in [7, 11) is 0. The van der Waals surface area contributed by atoms with Gasteiger partial charge in [-0.1, -0.05) is 30.3 Å². The maximum Gasteiger partial charge on any atom is 0.262 e. The van der Waals surface area contributed by atoms with Crippen LogP contribution < -0.4 is 10.5 Å². The van der Waals surface area contributed by atoms with Crippen molar-refractivity contribution in [3.05, 3.63) is 33.6 Å². The fourth-order valence-corrected chi connectivity index (χ4v) is 4.25. The minimum atomic E-state index is -0.449. The van der Waals surface area contributed by atoms with Gasteiger partial charge in [0, 0.05) is 17.3 Å². The van der Waals surface area contributed by atoms with Gasteiger partial charge < -0.3 is 14.7 Å². The highest BCUT2D eigenvalue weighted by atomic mass is 35.5. The number of aliphatic hydroxyl groups excluding tert-OH is 1. The molecule has 142 valence electrons. The molecule has 0 spiro atoms. The highest BCUT2D eigenvalue weighted by Crippen LogP contribution is 2.21. The van der Waals surface area contributed by atoms with Gasteiger partial charge in [-0.3, -0.25) is 9.36 Å². The second-order valence-corrected chi connectivity index (χ2v) is 7.97. The zero-order chi connectivity index (χ0) is 18.5. The molecule has 1 atom stereocenters. The first-order valence-electron chi connectivity index (χ1n) is 9.00. The molecule has 2 N–H and O–H groups in total. The van der Waals surface area contributed by atoms with E-state index in [4.69, 9.17) is 16.3 Å². The van der Waals surface area contributed by atoms with E-state index >= 15 is 0 Å². The quantitative estimate of drug-likeness (QED) is 0.534. The molecule has 0 radical (unpaired) electrons. The van der Waals surface area contributed by atoms with Crippen LogP contribution in [0.4, 0.5) is 0 Å². The fraction of sp³-hybridized carbons (Fsp3) is 0.556. The number of aromatic nitrogens is 2. The standard InChI is InChI=1S/C18H24ClN3O3S/c1-2-5-22-17(24)15-4-3-13(19)10-16(15)20-18(22)26-12-14(23)11-21-6-8-25-9-7-21/h3-4,10,14,23H,2,5-9,11-12H2,1H3/p+1/t14-/m1/s1. The summed E-state index contributed by atoms with van der Waals surface area (Å²) in [6.45, 7) is 6.68. The van der Waals surface area contributed by atoms with Crippen molar-refractivity contribution in [3.63, 3.8) is 0 Å². The number of quaternary nitrogens is 1. The summed E-state index contributed by atoms with van der Waals surface area (Å²) in [5.41, 5.74) is 0.551. The van der Waals surface area contributed by atoms with Crippen molar-refractivity contribution < 1.29 is 14.7 Å². The predicted octanol–water partition coefficient (Wildman–Crippen LogP) is 0.828. The maximum absolute atomic E-state index is 12.8. The van der Waals surface area contributed by atoms with Crippen LogP contribution in [0.2, 0.25) is 5.02 Å². The molecular weight excluding hydrogens is 374 g/mol. The van der Waals surface area contributed by atoms with Crippen LogP contribution in [-0.4, -0.2) is 59.4 Å².